The summed E-state index contributed by atoms with van der Waals surface area (Å²) in [6.07, 6.45) is 24.8. The summed E-state index contributed by atoms with van der Waals surface area (Å²) in [6.45, 7) is 19.2. The molecule has 0 radical (unpaired) electrons. The first-order valence-electron chi connectivity index (χ1n) is 46.4. The number of nitro benzene ring substituents is 1. The molecule has 0 bridgehead atoms. The van der Waals surface area contributed by atoms with Crippen molar-refractivity contribution in [3.8, 4) is 11.6 Å². The van der Waals surface area contributed by atoms with Gasteiger partial charge in [0, 0.05) is 74.3 Å². The summed E-state index contributed by atoms with van der Waals surface area (Å²) in [6, 6.07) is 30.6. The third-order valence-electron chi connectivity index (χ3n) is 22.9. The number of benzene rings is 4. The number of nitro groups is 1. The number of fused-ring (bicyclic) bond motifs is 4. The van der Waals surface area contributed by atoms with E-state index in [0.29, 0.717) is 156 Å². The van der Waals surface area contributed by atoms with Gasteiger partial charge in [-0.25, -0.2) is 39.3 Å². The first-order valence-corrected chi connectivity index (χ1v) is 47.2. The fraction of sp³-hybridized carbons (Fsp3) is 0.474. The van der Waals surface area contributed by atoms with Crippen molar-refractivity contribution in [1.29, 1.82) is 0 Å². The number of morpholine rings is 1. The molecule has 10 heterocycles. The van der Waals surface area contributed by atoms with Gasteiger partial charge >= 0.3 is 36.1 Å². The summed E-state index contributed by atoms with van der Waals surface area (Å²) in [5.41, 5.74) is 7.12. The molecule has 12 aromatic rings. The number of halogens is 1. The molecule has 16 rings (SSSR count). The van der Waals surface area contributed by atoms with Gasteiger partial charge in [-0.15, -0.1) is 0 Å². The van der Waals surface area contributed by atoms with E-state index >= 15 is 0 Å². The van der Waals surface area contributed by atoms with E-state index in [4.69, 9.17) is 33.8 Å². The maximum Gasteiger partial charge on any atom is 0.417 e. The lowest BCUT2D eigenvalue weighted by Gasteiger charge is -2.30. The Hall–Kier alpha value is -13.9. The summed E-state index contributed by atoms with van der Waals surface area (Å²) in [4.78, 5) is 141. The second-order valence-electron chi connectivity index (χ2n) is 35.9. The van der Waals surface area contributed by atoms with E-state index in [0.717, 1.165) is 67.0 Å². The third-order valence-corrected chi connectivity index (χ3v) is 23.4. The van der Waals surface area contributed by atoms with Crippen LogP contribution in [-0.4, -0.2) is 209 Å². The Labute approximate surface area is 799 Å². The van der Waals surface area contributed by atoms with E-state index in [-0.39, 0.29) is 62.2 Å². The van der Waals surface area contributed by atoms with E-state index in [1.165, 1.54) is 141 Å². The van der Waals surface area contributed by atoms with Crippen molar-refractivity contribution < 1.29 is 77.8 Å². The molecular formula is C95H119BrN24O17. The molecule has 0 unspecified atom stereocenters. The summed E-state index contributed by atoms with van der Waals surface area (Å²) in [5, 5.41) is 60.9. The molecule has 42 heteroatoms. The van der Waals surface area contributed by atoms with Gasteiger partial charge in [-0.3, -0.25) is 29.3 Å². The van der Waals surface area contributed by atoms with E-state index in [1.807, 2.05) is 49.9 Å². The maximum absolute atomic E-state index is 13.6. The maximum atomic E-state index is 13.6. The molecule has 2 amide bonds. The second kappa shape index (κ2) is 47.5. The van der Waals surface area contributed by atoms with E-state index in [2.05, 4.69) is 154 Å². The minimum Gasteiger partial charge on any atom is -0.480 e. The Morgan fingerprint density at radius 3 is 1.53 bits per heavy atom. The number of carboxylic acids is 4. The van der Waals surface area contributed by atoms with E-state index < -0.39 is 52.2 Å². The lowest BCUT2D eigenvalue weighted by atomic mass is 9.84. The van der Waals surface area contributed by atoms with Crippen LogP contribution in [0.3, 0.4) is 0 Å². The fourth-order valence-electron chi connectivity index (χ4n) is 16.2. The number of carboxylic acid groups (broad SMARTS) is 4. The molecule has 8 aromatic heterocycles. The standard InChI is InChI=1S/C29H38N6O5.C26H26BrN5O3.C22H34N6O5.C18H21N7O4/c1-29(2,3)40-28(38)35(17-20-9-11-22(12-10-20)21-7-5-4-6-8-21)27-31-25(33-13-15-39-16-14-33)24-26(32-27)34(19-30-24)18-23(36)37;27-20-7-4-8-21(13-20)35-25-23-24(32(16-29-23)15-22(33)34)30-26(31-25)28-14-17-9-11-19(12-10-17)18-5-2-1-3-6-18;1-5-6-7-10-28(21(31)33-22(2,3)4)20-25-18(24-15-8-11-32-12-9-15)17-19(26-20)27(14-23-17)13-16(29)30;1-2-3-4-9-19-18-22-16(21-12-5-7-13(8-6-12)25(28)29)15-17(23-18)24(11-20-15)10-14(26)27/h9-12,19,21H,4-8,13-18H2,1-3H3,(H,36,37);4,7-13,16,18H,1-3,5-6,14-15H2,(H,33,34)(H,28,30,31);14-15H,5-13H2,1-4H3,(H,29,30)(H,24,25,26);5-8,11H,2-4,9-10H2,1H3,(H,26,27)(H2,19,21,22,23). The van der Waals surface area contributed by atoms with Crippen molar-refractivity contribution in [1.82, 2.24) is 78.1 Å². The Morgan fingerprint density at radius 2 is 1.00 bits per heavy atom. The largest absolute Gasteiger partial charge is 0.480 e. The lowest BCUT2D eigenvalue weighted by molar-refractivity contribution is -0.384. The van der Waals surface area contributed by atoms with Crippen molar-refractivity contribution in [3.05, 3.63) is 159 Å². The van der Waals surface area contributed by atoms with Gasteiger partial charge in [0.05, 0.1) is 50.0 Å². The molecule has 2 aliphatic carbocycles. The SMILES string of the molecule is CC(C)(C)OC(=O)N(Cc1ccc(C2CCCCC2)cc1)c1nc(N2CCOCC2)c2ncn(CC(=O)O)c2n1.CCCCCN(C(=O)OC(C)(C)C)c1nc(NC2CCOCC2)c2ncn(CC(=O)O)c2n1.CCCCCNc1nc(Nc2ccc([N+](=O)[O-])cc2)c2ncn(CC(=O)O)c2n1.O=C(O)Cn1cnc2c(Oc3cccc(Br)c3)nc(NCc3ccc(C4CCCCC4)cc3)nc21. The van der Waals surface area contributed by atoms with Crippen LogP contribution in [0, 0.1) is 10.1 Å². The zero-order chi connectivity index (χ0) is 97.3. The van der Waals surface area contributed by atoms with Gasteiger partial charge in [0.25, 0.3) is 11.6 Å². The van der Waals surface area contributed by atoms with Crippen molar-refractivity contribution in [2.24, 2.45) is 0 Å². The van der Waals surface area contributed by atoms with Crippen LogP contribution in [-0.2, 0) is 77.4 Å². The first-order chi connectivity index (χ1) is 65.9. The Morgan fingerprint density at radius 1 is 0.518 bits per heavy atom. The van der Waals surface area contributed by atoms with Gasteiger partial charge in [0.15, 0.2) is 62.1 Å². The Bertz CT molecular complexity index is 6120. The highest BCUT2D eigenvalue weighted by Gasteiger charge is 2.33. The summed E-state index contributed by atoms with van der Waals surface area (Å²) in [5.74, 6) is 0.436. The minimum atomic E-state index is -1.02. The summed E-state index contributed by atoms with van der Waals surface area (Å²) in [7, 11) is 0. The highest BCUT2D eigenvalue weighted by molar-refractivity contribution is 9.10. The van der Waals surface area contributed by atoms with Gasteiger partial charge in [-0.2, -0.15) is 39.9 Å². The minimum absolute atomic E-state index is 0.0209. The predicted octanol–water partition coefficient (Wildman–Crippen LogP) is 17.5. The van der Waals surface area contributed by atoms with Crippen LogP contribution < -0.4 is 40.7 Å². The molecule has 0 spiro atoms. The number of carbonyl (C=O) groups excluding carboxylic acids is 2. The Kier molecular flexibility index (Phi) is 34.9. The molecule has 4 aliphatic rings. The number of hydrogen-bond acceptors (Lipinski definition) is 30. The monoisotopic (exact) mass is 1950 g/mol. The van der Waals surface area contributed by atoms with Crippen LogP contribution in [0.2, 0.25) is 0 Å². The van der Waals surface area contributed by atoms with Crippen LogP contribution in [0.5, 0.6) is 11.6 Å². The van der Waals surface area contributed by atoms with Gasteiger partial charge in [0.2, 0.25) is 23.8 Å². The molecule has 0 atom stereocenters. The lowest BCUT2D eigenvalue weighted by Crippen LogP contribution is -2.39. The highest BCUT2D eigenvalue weighted by Crippen LogP contribution is 2.38. The predicted molar refractivity (Wildman–Crippen MR) is 518 cm³/mol. The summed E-state index contributed by atoms with van der Waals surface area (Å²) >= 11 is 3.44. The number of aromatic nitrogens is 16. The first kappa shape index (κ1) is 101. The fourth-order valence-corrected chi connectivity index (χ4v) is 16.5. The molecule has 2 saturated heterocycles. The molecule has 728 valence electrons. The van der Waals surface area contributed by atoms with Crippen LogP contribution in [0.4, 0.5) is 62.2 Å². The molecule has 2 aliphatic heterocycles. The van der Waals surface area contributed by atoms with Crippen molar-refractivity contribution in [3.63, 3.8) is 0 Å². The quantitative estimate of drug-likeness (QED) is 0.0105. The second-order valence-corrected chi connectivity index (χ2v) is 36.8. The van der Waals surface area contributed by atoms with Gasteiger partial charge < -0.3 is 88.5 Å². The van der Waals surface area contributed by atoms with Crippen LogP contribution in [0.25, 0.3) is 44.7 Å². The number of amides is 2. The average Bonchev–Trinajstić information content (AvgIpc) is 1.62. The number of nitrogens with zero attached hydrogens (tertiary/aromatic N) is 20. The molecule has 4 fully saturated rings. The zero-order valence-electron chi connectivity index (χ0n) is 78.3. The highest BCUT2D eigenvalue weighted by atomic mass is 79.9. The van der Waals surface area contributed by atoms with Crippen LogP contribution in [0.15, 0.2) is 127 Å². The Balaban J connectivity index is 0.000000155. The third kappa shape index (κ3) is 28.6. The molecule has 41 nitrogen and oxygen atoms in total. The van der Waals surface area contributed by atoms with Crippen molar-refractivity contribution in [2.75, 3.05) is 88.6 Å². The summed E-state index contributed by atoms with van der Waals surface area (Å²) < 4.78 is 35.0. The molecule has 137 heavy (non-hydrogen) atoms. The van der Waals surface area contributed by atoms with E-state index in [1.54, 1.807) is 32.9 Å². The number of aliphatic carboxylic acids is 4. The number of non-ortho nitro benzene ring substituents is 1. The topological polar surface area (TPSA) is 505 Å². The number of imidazole rings is 4. The van der Waals surface area contributed by atoms with Crippen LogP contribution in [0.1, 0.15) is 205 Å². The van der Waals surface area contributed by atoms with Crippen molar-refractivity contribution >= 4 is 149 Å². The molecular weight excluding hydrogens is 1830 g/mol. The van der Waals surface area contributed by atoms with Crippen LogP contribution >= 0.6 is 15.9 Å². The van der Waals surface area contributed by atoms with E-state index in [9.17, 15) is 54.2 Å². The number of hydrogen-bond donors (Lipinski definition) is 8. The molecule has 4 aromatic carbocycles. The average molecular weight is 1950 g/mol. The number of rotatable bonds is 34. The number of nitrogens with one attached hydrogen (secondary N) is 4. The van der Waals surface area contributed by atoms with Gasteiger partial charge in [0.1, 0.15) is 43.1 Å². The molecule has 2 saturated carbocycles. The normalized spacial score (nSPS) is 14.4. The van der Waals surface area contributed by atoms with Gasteiger partial charge in [-0.05, 0) is 157 Å². The number of carbonyl (C=O) groups is 6. The van der Waals surface area contributed by atoms with Crippen molar-refractivity contribution in [2.45, 2.75) is 239 Å². The zero-order valence-corrected chi connectivity index (χ0v) is 79.9. The smallest absolute Gasteiger partial charge is 0.417 e. The van der Waals surface area contributed by atoms with Gasteiger partial charge in [-0.1, -0.05) is 149 Å². The number of unbranched alkanes of at least 4 members (excludes halogenated alkanes) is 4. The molecule has 8 N–H and O–H groups in total. The number of anilines is 8. The number of ether oxygens (including phenoxy) is 5.